The van der Waals surface area contributed by atoms with Gasteiger partial charge in [-0.05, 0) is 28.1 Å². The molecule has 3 rings (SSSR count). The zero-order valence-electron chi connectivity index (χ0n) is 11.3. The van der Waals surface area contributed by atoms with Crippen molar-refractivity contribution in [3.05, 3.63) is 50.7 Å². The second kappa shape index (κ2) is 6.05. The lowest BCUT2D eigenvalue weighted by molar-refractivity contribution is 0.180. The summed E-state index contributed by atoms with van der Waals surface area (Å²) in [7, 11) is 1.64. The monoisotopic (exact) mass is 364 g/mol. The number of fused-ring (bicyclic) bond motifs is 1. The first-order valence-corrected chi connectivity index (χ1v) is 7.57. The van der Waals surface area contributed by atoms with E-state index in [0.29, 0.717) is 17.7 Å². The minimum Gasteiger partial charge on any atom is -0.378 e. The number of aromatic amines is 2. The molecule has 2 N–H and O–H groups in total. The standard InChI is InChI=1S/C14H13BrN4OS/c1-20-7-10-13(15)14(21)19-12(18-10)6-11-16-8-4-2-3-5-9(8)17-11/h2-5H,6-7H2,1H3,(H,16,17)(H,18,19,21). The second-order valence-corrected chi connectivity index (χ2v) is 5.77. The highest BCUT2D eigenvalue weighted by atomic mass is 79.9. The third kappa shape index (κ3) is 3.04. The van der Waals surface area contributed by atoms with Crippen LogP contribution in [0.3, 0.4) is 0 Å². The number of imidazole rings is 1. The molecule has 21 heavy (non-hydrogen) atoms. The number of methoxy groups -OCH3 is 1. The smallest absolute Gasteiger partial charge is 0.144 e. The maximum Gasteiger partial charge on any atom is 0.144 e. The largest absolute Gasteiger partial charge is 0.378 e. The Morgan fingerprint density at radius 1 is 1.19 bits per heavy atom. The van der Waals surface area contributed by atoms with Crippen LogP contribution in [-0.4, -0.2) is 27.0 Å². The lowest BCUT2D eigenvalue weighted by atomic mass is 10.3. The molecule has 1 aromatic carbocycles. The number of hydrogen-bond donors (Lipinski definition) is 2. The minimum atomic E-state index is 0.444. The van der Waals surface area contributed by atoms with Gasteiger partial charge in [0.05, 0.1) is 34.2 Å². The Morgan fingerprint density at radius 3 is 2.71 bits per heavy atom. The van der Waals surface area contributed by atoms with Crippen molar-refractivity contribution in [2.75, 3.05) is 7.11 Å². The van der Waals surface area contributed by atoms with Gasteiger partial charge in [0.25, 0.3) is 0 Å². The lowest BCUT2D eigenvalue weighted by Crippen LogP contribution is -2.04. The Morgan fingerprint density at radius 2 is 1.95 bits per heavy atom. The van der Waals surface area contributed by atoms with Crippen molar-refractivity contribution in [3.8, 4) is 0 Å². The van der Waals surface area contributed by atoms with E-state index in [1.165, 1.54) is 0 Å². The highest BCUT2D eigenvalue weighted by Gasteiger charge is 2.09. The van der Waals surface area contributed by atoms with E-state index in [9.17, 15) is 0 Å². The molecule has 0 aliphatic rings. The van der Waals surface area contributed by atoms with Gasteiger partial charge in [0, 0.05) is 7.11 Å². The molecule has 2 heterocycles. The van der Waals surface area contributed by atoms with E-state index in [2.05, 4.69) is 35.9 Å². The van der Waals surface area contributed by atoms with Crippen molar-refractivity contribution in [3.63, 3.8) is 0 Å². The van der Waals surface area contributed by atoms with Gasteiger partial charge in [0.15, 0.2) is 0 Å². The number of aromatic nitrogens is 4. The molecule has 0 aliphatic carbocycles. The highest BCUT2D eigenvalue weighted by molar-refractivity contribution is 9.10. The molecular formula is C14H13BrN4OS. The summed E-state index contributed by atoms with van der Waals surface area (Å²) >= 11 is 8.69. The van der Waals surface area contributed by atoms with Crippen LogP contribution in [0.2, 0.25) is 0 Å². The fourth-order valence-corrected chi connectivity index (χ4v) is 2.67. The second-order valence-electron chi connectivity index (χ2n) is 4.59. The molecule has 0 saturated carbocycles. The zero-order valence-corrected chi connectivity index (χ0v) is 13.7. The predicted octanol–water partition coefficient (Wildman–Crippen LogP) is 3.52. The first-order chi connectivity index (χ1) is 10.2. The molecule has 0 saturated heterocycles. The number of hydrogen-bond acceptors (Lipinski definition) is 4. The predicted molar refractivity (Wildman–Crippen MR) is 86.7 cm³/mol. The molecule has 0 atom stereocenters. The average molecular weight is 365 g/mol. The summed E-state index contributed by atoms with van der Waals surface area (Å²) in [5, 5.41) is 0. The minimum absolute atomic E-state index is 0.444. The van der Waals surface area contributed by atoms with Crippen molar-refractivity contribution >= 4 is 39.2 Å². The Balaban J connectivity index is 1.95. The van der Waals surface area contributed by atoms with Crippen LogP contribution < -0.4 is 0 Å². The van der Waals surface area contributed by atoms with Gasteiger partial charge in [-0.2, -0.15) is 0 Å². The third-order valence-electron chi connectivity index (χ3n) is 3.05. The number of H-pyrrole nitrogens is 2. The lowest BCUT2D eigenvalue weighted by Gasteiger charge is -2.06. The molecule has 0 aliphatic heterocycles. The SMILES string of the molecule is COCc1[nH]c(Cc2nc3ccccc3[nH]2)nc(=S)c1Br. The van der Waals surface area contributed by atoms with Crippen molar-refractivity contribution < 1.29 is 4.74 Å². The van der Waals surface area contributed by atoms with Gasteiger partial charge in [-0.15, -0.1) is 0 Å². The Bertz CT molecular complexity index is 809. The first kappa shape index (κ1) is 14.4. The van der Waals surface area contributed by atoms with Crippen molar-refractivity contribution in [1.29, 1.82) is 0 Å². The van der Waals surface area contributed by atoms with Crippen LogP contribution in [0.1, 0.15) is 17.3 Å². The van der Waals surface area contributed by atoms with Crippen molar-refractivity contribution in [1.82, 2.24) is 19.9 Å². The van der Waals surface area contributed by atoms with Crippen LogP contribution in [0.25, 0.3) is 11.0 Å². The number of ether oxygens (including phenoxy) is 1. The molecule has 7 heteroatoms. The molecule has 2 aromatic heterocycles. The molecular weight excluding hydrogens is 352 g/mol. The summed E-state index contributed by atoms with van der Waals surface area (Å²) in [5.74, 6) is 1.61. The molecule has 0 bridgehead atoms. The first-order valence-electron chi connectivity index (χ1n) is 6.37. The summed E-state index contributed by atoms with van der Waals surface area (Å²) in [5.41, 5.74) is 2.84. The number of nitrogens with zero attached hydrogens (tertiary/aromatic N) is 2. The number of rotatable bonds is 4. The Hall–Kier alpha value is -1.57. The van der Waals surface area contributed by atoms with E-state index in [0.717, 1.165) is 32.8 Å². The van der Waals surface area contributed by atoms with Gasteiger partial charge < -0.3 is 14.7 Å². The van der Waals surface area contributed by atoms with Gasteiger partial charge >= 0.3 is 0 Å². The average Bonchev–Trinajstić information content (AvgIpc) is 2.86. The van der Waals surface area contributed by atoms with Gasteiger partial charge in [-0.25, -0.2) is 9.97 Å². The number of nitrogens with one attached hydrogen (secondary N) is 2. The summed E-state index contributed by atoms with van der Waals surface area (Å²) in [6, 6.07) is 7.92. The van der Waals surface area contributed by atoms with Crippen LogP contribution in [-0.2, 0) is 17.8 Å². The van der Waals surface area contributed by atoms with Gasteiger partial charge in [-0.1, -0.05) is 24.4 Å². The number of para-hydroxylation sites is 2. The molecule has 0 fully saturated rings. The quantitative estimate of drug-likeness (QED) is 0.695. The van der Waals surface area contributed by atoms with E-state index in [1.807, 2.05) is 24.3 Å². The number of halogens is 1. The molecule has 0 radical (unpaired) electrons. The van der Waals surface area contributed by atoms with E-state index >= 15 is 0 Å². The molecule has 0 amide bonds. The van der Waals surface area contributed by atoms with E-state index in [1.54, 1.807) is 7.11 Å². The van der Waals surface area contributed by atoms with Crippen LogP contribution >= 0.6 is 28.1 Å². The van der Waals surface area contributed by atoms with Crippen molar-refractivity contribution in [2.24, 2.45) is 0 Å². The molecule has 3 aromatic rings. The van der Waals surface area contributed by atoms with Gasteiger partial charge in [0.1, 0.15) is 16.3 Å². The molecule has 5 nitrogen and oxygen atoms in total. The summed E-state index contributed by atoms with van der Waals surface area (Å²) < 4.78 is 6.45. The fraction of sp³-hybridized carbons (Fsp3) is 0.214. The summed E-state index contributed by atoms with van der Waals surface area (Å²) in [4.78, 5) is 15.4. The fourth-order valence-electron chi connectivity index (χ4n) is 2.13. The van der Waals surface area contributed by atoms with Crippen LogP contribution in [0.15, 0.2) is 28.7 Å². The van der Waals surface area contributed by atoms with Crippen LogP contribution in [0, 0.1) is 4.64 Å². The summed E-state index contributed by atoms with van der Waals surface area (Å²) in [6.07, 6.45) is 0.558. The maximum atomic E-state index is 5.26. The van der Waals surface area contributed by atoms with Gasteiger partial charge in [-0.3, -0.25) is 0 Å². The zero-order chi connectivity index (χ0) is 14.8. The molecule has 0 unspecified atom stereocenters. The van der Waals surface area contributed by atoms with Crippen molar-refractivity contribution in [2.45, 2.75) is 13.0 Å². The van der Waals surface area contributed by atoms with Crippen LogP contribution in [0.4, 0.5) is 0 Å². The molecule has 108 valence electrons. The highest BCUT2D eigenvalue weighted by Crippen LogP contribution is 2.18. The Labute approximate surface area is 134 Å². The summed E-state index contributed by atoms with van der Waals surface area (Å²) in [6.45, 7) is 0.444. The third-order valence-corrected chi connectivity index (χ3v) is 4.46. The Kier molecular flexibility index (Phi) is 4.14. The normalized spacial score (nSPS) is 11.1. The van der Waals surface area contributed by atoms with Crippen LogP contribution in [0.5, 0.6) is 0 Å². The number of benzene rings is 1. The van der Waals surface area contributed by atoms with E-state index in [-0.39, 0.29) is 0 Å². The van der Waals surface area contributed by atoms with E-state index in [4.69, 9.17) is 17.0 Å². The van der Waals surface area contributed by atoms with Gasteiger partial charge in [0.2, 0.25) is 0 Å². The van der Waals surface area contributed by atoms with E-state index < -0.39 is 0 Å². The molecule has 0 spiro atoms. The topological polar surface area (TPSA) is 66.6 Å². The maximum absolute atomic E-state index is 5.26.